The highest BCUT2D eigenvalue weighted by molar-refractivity contribution is 5.74. The van der Waals surface area contributed by atoms with Gasteiger partial charge in [-0.2, -0.15) is 15.8 Å². The minimum Gasteiger partial charge on any atom is -0.372 e. The summed E-state index contributed by atoms with van der Waals surface area (Å²) in [5.41, 5.74) is 2.24. The molecule has 0 amide bonds. The molecule has 0 heterocycles. The van der Waals surface area contributed by atoms with Crippen LogP contribution in [0.5, 0.6) is 0 Å². The van der Waals surface area contributed by atoms with Gasteiger partial charge in [-0.15, -0.1) is 0 Å². The molecule has 0 aliphatic heterocycles. The lowest BCUT2D eigenvalue weighted by molar-refractivity contribution is 1.27. The Morgan fingerprint density at radius 2 is 1.33 bits per heavy atom. The molecule has 1 aromatic rings. The van der Waals surface area contributed by atoms with E-state index < -0.39 is 0 Å². The third-order valence-corrected chi connectivity index (χ3v) is 2.11. The van der Waals surface area contributed by atoms with Crippen molar-refractivity contribution in [1.29, 1.82) is 15.8 Å². The first kappa shape index (κ1) is 13.2. The van der Waals surface area contributed by atoms with Gasteiger partial charge < -0.3 is 16.0 Å². The van der Waals surface area contributed by atoms with Crippen molar-refractivity contribution >= 4 is 17.1 Å². The van der Waals surface area contributed by atoms with Gasteiger partial charge in [0.05, 0.1) is 29.6 Å². The first-order valence-electron chi connectivity index (χ1n) is 5.28. The summed E-state index contributed by atoms with van der Waals surface area (Å²) in [6.45, 7) is 0.567. The van der Waals surface area contributed by atoms with E-state index in [1.807, 2.05) is 18.2 Å². The Balaban J connectivity index is 2.87. The maximum absolute atomic E-state index is 8.56. The molecular formula is C12H12N6. The van der Waals surface area contributed by atoms with Gasteiger partial charge in [-0.3, -0.25) is 0 Å². The van der Waals surface area contributed by atoms with Crippen LogP contribution in [0.25, 0.3) is 0 Å². The summed E-state index contributed by atoms with van der Waals surface area (Å²) in [4.78, 5) is 0. The van der Waals surface area contributed by atoms with Crippen LogP contribution in [0.15, 0.2) is 18.2 Å². The molecule has 6 heteroatoms. The van der Waals surface area contributed by atoms with E-state index in [4.69, 9.17) is 15.8 Å². The van der Waals surface area contributed by atoms with E-state index in [1.165, 1.54) is 0 Å². The minimum absolute atomic E-state index is 0.170. The number of hydrogen-bond acceptors (Lipinski definition) is 6. The molecule has 0 saturated carbocycles. The van der Waals surface area contributed by atoms with Gasteiger partial charge in [-0.1, -0.05) is 0 Å². The van der Waals surface area contributed by atoms with Crippen molar-refractivity contribution in [2.45, 2.75) is 0 Å². The average Bonchev–Trinajstić information content (AvgIpc) is 2.41. The molecule has 1 rings (SSSR count). The van der Waals surface area contributed by atoms with Gasteiger partial charge in [0.15, 0.2) is 0 Å². The van der Waals surface area contributed by atoms with Crippen molar-refractivity contribution in [1.82, 2.24) is 0 Å². The van der Waals surface area contributed by atoms with Gasteiger partial charge in [0.25, 0.3) is 0 Å². The molecule has 0 unspecified atom stereocenters. The largest absolute Gasteiger partial charge is 0.372 e. The van der Waals surface area contributed by atoms with Crippen LogP contribution in [-0.4, -0.2) is 19.6 Å². The van der Waals surface area contributed by atoms with E-state index in [-0.39, 0.29) is 19.6 Å². The number of nitrogens with zero attached hydrogens (tertiary/aromatic N) is 3. The molecule has 0 bridgehead atoms. The molecule has 1 aromatic carbocycles. The molecule has 0 saturated heterocycles. The van der Waals surface area contributed by atoms with Crippen molar-refractivity contribution in [2.24, 2.45) is 0 Å². The normalized spacial score (nSPS) is 8.50. The molecule has 6 nitrogen and oxygen atoms in total. The standard InChI is InChI=1S/C12H12N6/c13-3-6-16-10-1-2-11(17-7-4-14)12(9-10)18-8-5-15/h1-2,9,16-18H,6-8H2. The van der Waals surface area contributed by atoms with Gasteiger partial charge in [0.1, 0.15) is 19.6 Å². The number of benzene rings is 1. The second-order valence-electron chi connectivity index (χ2n) is 3.30. The Labute approximate surface area is 105 Å². The quantitative estimate of drug-likeness (QED) is 0.650. The highest BCUT2D eigenvalue weighted by Crippen LogP contribution is 2.25. The first-order chi connectivity index (χ1) is 8.81. The SMILES string of the molecule is N#CCNc1ccc(NCC#N)c(NCC#N)c1. The second kappa shape index (κ2) is 7.38. The van der Waals surface area contributed by atoms with Crippen LogP contribution < -0.4 is 16.0 Å². The van der Waals surface area contributed by atoms with Gasteiger partial charge in [0, 0.05) is 5.69 Å². The van der Waals surface area contributed by atoms with Gasteiger partial charge in [-0.05, 0) is 18.2 Å². The summed E-state index contributed by atoms with van der Waals surface area (Å²) >= 11 is 0. The van der Waals surface area contributed by atoms with Crippen LogP contribution >= 0.6 is 0 Å². The van der Waals surface area contributed by atoms with Crippen LogP contribution in [0.2, 0.25) is 0 Å². The maximum Gasteiger partial charge on any atom is 0.103 e. The monoisotopic (exact) mass is 240 g/mol. The highest BCUT2D eigenvalue weighted by Gasteiger charge is 2.03. The van der Waals surface area contributed by atoms with Crippen LogP contribution in [-0.2, 0) is 0 Å². The molecule has 0 atom stereocenters. The third kappa shape index (κ3) is 3.92. The van der Waals surface area contributed by atoms with Crippen molar-refractivity contribution in [3.8, 4) is 18.2 Å². The van der Waals surface area contributed by atoms with Crippen LogP contribution in [0.4, 0.5) is 17.1 Å². The zero-order valence-electron chi connectivity index (χ0n) is 9.70. The summed E-state index contributed by atoms with van der Waals surface area (Å²) in [6, 6.07) is 11.3. The minimum atomic E-state index is 0.170. The van der Waals surface area contributed by atoms with Gasteiger partial charge in [-0.25, -0.2) is 0 Å². The van der Waals surface area contributed by atoms with E-state index in [0.717, 1.165) is 17.1 Å². The highest BCUT2D eigenvalue weighted by atomic mass is 15.0. The van der Waals surface area contributed by atoms with Crippen LogP contribution in [0.1, 0.15) is 0 Å². The summed E-state index contributed by atoms with van der Waals surface area (Å²) in [5.74, 6) is 0. The van der Waals surface area contributed by atoms with E-state index in [1.54, 1.807) is 18.2 Å². The smallest absolute Gasteiger partial charge is 0.103 e. The Morgan fingerprint density at radius 1 is 0.778 bits per heavy atom. The summed E-state index contributed by atoms with van der Waals surface area (Å²) < 4.78 is 0. The number of anilines is 3. The number of nitriles is 3. The van der Waals surface area contributed by atoms with Crippen molar-refractivity contribution < 1.29 is 0 Å². The number of nitrogens with one attached hydrogen (secondary N) is 3. The second-order valence-corrected chi connectivity index (χ2v) is 3.30. The van der Waals surface area contributed by atoms with Gasteiger partial charge >= 0.3 is 0 Å². The molecule has 18 heavy (non-hydrogen) atoms. The lowest BCUT2D eigenvalue weighted by atomic mass is 10.2. The molecule has 3 N–H and O–H groups in total. The Bertz CT molecular complexity index is 517. The fourth-order valence-electron chi connectivity index (χ4n) is 1.37. The summed E-state index contributed by atoms with van der Waals surface area (Å²) in [5, 5.41) is 34.4. The van der Waals surface area contributed by atoms with E-state index >= 15 is 0 Å². The average molecular weight is 240 g/mol. The molecule has 0 fully saturated rings. The van der Waals surface area contributed by atoms with Gasteiger partial charge in [0.2, 0.25) is 0 Å². The predicted octanol–water partition coefficient (Wildman–Crippen LogP) is 1.49. The Morgan fingerprint density at radius 3 is 1.94 bits per heavy atom. The number of rotatable bonds is 6. The molecule has 0 aromatic heterocycles. The van der Waals surface area contributed by atoms with Crippen molar-refractivity contribution in [3.05, 3.63) is 18.2 Å². The van der Waals surface area contributed by atoms with Crippen molar-refractivity contribution in [2.75, 3.05) is 35.6 Å². The fourth-order valence-corrected chi connectivity index (χ4v) is 1.37. The Hall–Kier alpha value is -2.91. The molecule has 0 aliphatic rings. The topological polar surface area (TPSA) is 107 Å². The lowest BCUT2D eigenvalue weighted by Crippen LogP contribution is -2.07. The maximum atomic E-state index is 8.56. The molecule has 90 valence electrons. The lowest BCUT2D eigenvalue weighted by Gasteiger charge is -2.12. The molecular weight excluding hydrogens is 228 g/mol. The first-order valence-corrected chi connectivity index (χ1v) is 5.28. The third-order valence-electron chi connectivity index (χ3n) is 2.11. The van der Waals surface area contributed by atoms with Crippen LogP contribution in [0.3, 0.4) is 0 Å². The molecule has 0 spiro atoms. The number of hydrogen-bond donors (Lipinski definition) is 3. The predicted molar refractivity (Wildman–Crippen MR) is 68.8 cm³/mol. The fraction of sp³-hybridized carbons (Fsp3) is 0.250. The van der Waals surface area contributed by atoms with Crippen molar-refractivity contribution in [3.63, 3.8) is 0 Å². The zero-order valence-corrected chi connectivity index (χ0v) is 9.70. The van der Waals surface area contributed by atoms with E-state index in [2.05, 4.69) is 16.0 Å². The molecule has 0 aliphatic carbocycles. The summed E-state index contributed by atoms with van der Waals surface area (Å²) in [7, 11) is 0. The molecule has 0 radical (unpaired) electrons. The van der Waals surface area contributed by atoms with Crippen LogP contribution in [0, 0.1) is 34.0 Å². The van der Waals surface area contributed by atoms with E-state index in [9.17, 15) is 0 Å². The zero-order chi connectivity index (χ0) is 13.2. The Kier molecular flexibility index (Phi) is 5.39. The van der Waals surface area contributed by atoms with E-state index in [0.29, 0.717) is 0 Å². The summed E-state index contributed by atoms with van der Waals surface area (Å²) in [6.07, 6.45) is 0.